The first-order valence-corrected chi connectivity index (χ1v) is 6.83. The second-order valence-electron chi connectivity index (χ2n) is 5.08. The average molecular weight is 284 g/mol. The smallest absolute Gasteiger partial charge is 0.272 e. The van der Waals surface area contributed by atoms with Crippen molar-refractivity contribution in [1.82, 2.24) is 9.97 Å². The highest BCUT2D eigenvalue weighted by Crippen LogP contribution is 2.38. The summed E-state index contributed by atoms with van der Waals surface area (Å²) in [4.78, 5) is 22.4. The van der Waals surface area contributed by atoms with Crippen molar-refractivity contribution in [3.8, 4) is 5.75 Å². The van der Waals surface area contributed by atoms with E-state index in [1.807, 2.05) is 13.8 Å². The topological polar surface area (TPSA) is 55.3 Å². The molecule has 1 aromatic rings. The Morgan fingerprint density at radius 2 is 2.05 bits per heavy atom. The third-order valence-electron chi connectivity index (χ3n) is 3.34. The molecule has 1 aromatic heterocycles. The van der Waals surface area contributed by atoms with E-state index >= 15 is 0 Å². The number of hydrogen-bond acceptors (Lipinski definition) is 4. The molecule has 0 saturated heterocycles. The molecule has 1 aliphatic heterocycles. The molecule has 2 rings (SSSR count). The van der Waals surface area contributed by atoms with E-state index < -0.39 is 5.60 Å². The summed E-state index contributed by atoms with van der Waals surface area (Å²) in [6.07, 6.45) is 3.22. The summed E-state index contributed by atoms with van der Waals surface area (Å²) in [5.41, 5.74) is -0.910. The lowest BCUT2D eigenvalue weighted by atomic mass is 10.0. The molecule has 0 aromatic carbocycles. The molecule has 0 fully saturated rings. The van der Waals surface area contributed by atoms with Crippen LogP contribution in [-0.2, 0) is 4.79 Å². The Morgan fingerprint density at radius 1 is 1.42 bits per heavy atom. The third-order valence-corrected chi connectivity index (χ3v) is 3.52. The highest BCUT2D eigenvalue weighted by Gasteiger charge is 2.44. The maximum absolute atomic E-state index is 12.6. The number of rotatable bonds is 3. The molecule has 19 heavy (non-hydrogen) atoms. The van der Waals surface area contributed by atoms with Gasteiger partial charge >= 0.3 is 0 Å². The van der Waals surface area contributed by atoms with Crippen molar-refractivity contribution in [2.45, 2.75) is 52.2 Å². The molecule has 0 N–H and O–H groups in total. The van der Waals surface area contributed by atoms with Crippen LogP contribution in [0.25, 0.3) is 0 Å². The van der Waals surface area contributed by atoms with Gasteiger partial charge in [-0.15, -0.1) is 0 Å². The maximum Gasteiger partial charge on any atom is 0.272 e. The number of anilines is 1. The Kier molecular flexibility index (Phi) is 3.67. The summed E-state index contributed by atoms with van der Waals surface area (Å²) in [5, 5.41) is 0.116. The van der Waals surface area contributed by atoms with E-state index in [1.54, 1.807) is 18.7 Å². The van der Waals surface area contributed by atoms with Gasteiger partial charge in [0.25, 0.3) is 5.91 Å². The van der Waals surface area contributed by atoms with Crippen molar-refractivity contribution in [2.24, 2.45) is 0 Å². The zero-order valence-corrected chi connectivity index (χ0v) is 12.4. The van der Waals surface area contributed by atoms with Crippen molar-refractivity contribution >= 4 is 23.3 Å². The molecule has 0 radical (unpaired) electrons. The first-order valence-electron chi connectivity index (χ1n) is 6.46. The fourth-order valence-corrected chi connectivity index (χ4v) is 2.41. The molecule has 104 valence electrons. The van der Waals surface area contributed by atoms with Gasteiger partial charge in [0, 0.05) is 6.04 Å². The number of halogens is 1. The van der Waals surface area contributed by atoms with Gasteiger partial charge in [-0.2, -0.15) is 4.98 Å². The largest absolute Gasteiger partial charge is 0.472 e. The fourth-order valence-electron chi connectivity index (χ4n) is 2.28. The van der Waals surface area contributed by atoms with Crippen LogP contribution in [0.4, 0.5) is 5.82 Å². The van der Waals surface area contributed by atoms with E-state index in [2.05, 4.69) is 9.97 Å². The fraction of sp³-hybridized carbons (Fsp3) is 0.615. The second kappa shape index (κ2) is 4.96. The van der Waals surface area contributed by atoms with E-state index in [0.29, 0.717) is 11.6 Å². The van der Waals surface area contributed by atoms with E-state index in [1.165, 1.54) is 6.20 Å². The van der Waals surface area contributed by atoms with Gasteiger partial charge in [0.1, 0.15) is 0 Å². The normalized spacial score (nSPS) is 17.4. The Labute approximate surface area is 117 Å². The van der Waals surface area contributed by atoms with Gasteiger partial charge < -0.3 is 4.74 Å². The van der Waals surface area contributed by atoms with E-state index in [-0.39, 0.29) is 17.2 Å². The van der Waals surface area contributed by atoms with E-state index in [9.17, 15) is 4.79 Å². The highest BCUT2D eigenvalue weighted by atomic mass is 35.5. The molecule has 1 aliphatic rings. The summed E-state index contributed by atoms with van der Waals surface area (Å²) in [5.74, 6) is 0.877. The third kappa shape index (κ3) is 2.39. The Balaban J connectivity index is 2.56. The summed E-state index contributed by atoms with van der Waals surface area (Å²) in [6.45, 7) is 7.60. The molecule has 0 bridgehead atoms. The van der Waals surface area contributed by atoms with Crippen LogP contribution < -0.4 is 9.64 Å². The number of aromatic nitrogens is 2. The van der Waals surface area contributed by atoms with Crippen LogP contribution in [-0.4, -0.2) is 27.5 Å². The molecule has 6 heteroatoms. The quantitative estimate of drug-likeness (QED) is 0.801. The molecule has 5 nitrogen and oxygen atoms in total. The molecule has 1 amide bonds. The van der Waals surface area contributed by atoms with Crippen molar-refractivity contribution in [3.63, 3.8) is 0 Å². The molecule has 0 unspecified atom stereocenters. The van der Waals surface area contributed by atoms with Gasteiger partial charge in [-0.25, -0.2) is 4.98 Å². The number of nitrogens with zero attached hydrogens (tertiary/aromatic N) is 3. The van der Waals surface area contributed by atoms with Gasteiger partial charge in [0.2, 0.25) is 5.28 Å². The predicted molar refractivity (Wildman–Crippen MR) is 73.6 cm³/mol. The van der Waals surface area contributed by atoms with Crippen LogP contribution in [0, 0.1) is 0 Å². The number of amides is 1. The molecule has 0 saturated carbocycles. The molecule has 0 atom stereocenters. The molecule has 0 aliphatic carbocycles. The minimum Gasteiger partial charge on any atom is -0.472 e. The van der Waals surface area contributed by atoms with Crippen LogP contribution in [0.15, 0.2) is 6.20 Å². The predicted octanol–water partition coefficient (Wildman–Crippen LogP) is 2.82. The Morgan fingerprint density at radius 3 is 2.63 bits per heavy atom. The zero-order chi connectivity index (χ0) is 14.2. The minimum absolute atomic E-state index is 0.0837. The lowest BCUT2D eigenvalue weighted by molar-refractivity contribution is -0.133. The highest BCUT2D eigenvalue weighted by molar-refractivity contribution is 6.28. The van der Waals surface area contributed by atoms with Crippen LogP contribution in [0.1, 0.15) is 40.5 Å². The van der Waals surface area contributed by atoms with Crippen LogP contribution in [0.5, 0.6) is 5.75 Å². The number of carbonyl (C=O) groups excluding carboxylic acids is 1. The lowest BCUT2D eigenvalue weighted by Gasteiger charge is -2.41. The van der Waals surface area contributed by atoms with Crippen LogP contribution in [0.3, 0.4) is 0 Å². The molecule has 2 heterocycles. The Bertz CT molecular complexity index is 501. The molecular weight excluding hydrogens is 266 g/mol. The van der Waals surface area contributed by atoms with Crippen LogP contribution in [0.2, 0.25) is 5.28 Å². The van der Waals surface area contributed by atoms with Gasteiger partial charge in [-0.3, -0.25) is 9.69 Å². The monoisotopic (exact) mass is 283 g/mol. The first kappa shape index (κ1) is 14.1. The van der Waals surface area contributed by atoms with Gasteiger partial charge in [0.05, 0.1) is 6.20 Å². The average Bonchev–Trinajstić information content (AvgIpc) is 2.36. The van der Waals surface area contributed by atoms with Gasteiger partial charge in [-0.1, -0.05) is 13.8 Å². The summed E-state index contributed by atoms with van der Waals surface area (Å²) in [7, 11) is 0. The van der Waals surface area contributed by atoms with Crippen molar-refractivity contribution in [2.75, 3.05) is 4.90 Å². The second-order valence-corrected chi connectivity index (χ2v) is 5.42. The summed E-state index contributed by atoms with van der Waals surface area (Å²) in [6, 6.07) is 0.0837. The van der Waals surface area contributed by atoms with Gasteiger partial charge in [-0.05, 0) is 38.3 Å². The first-order chi connectivity index (χ1) is 8.90. The number of fused-ring (bicyclic) bond motifs is 1. The van der Waals surface area contributed by atoms with Crippen molar-refractivity contribution < 1.29 is 9.53 Å². The Hall–Kier alpha value is -1.36. The SMILES string of the molecule is CCC(CC)N1C(=O)C(C)(C)Oc2cnc(Cl)nc21. The van der Waals surface area contributed by atoms with Gasteiger partial charge in [0.15, 0.2) is 17.2 Å². The number of ether oxygens (including phenoxy) is 1. The number of carbonyl (C=O) groups is 1. The number of hydrogen-bond donors (Lipinski definition) is 0. The maximum atomic E-state index is 12.6. The lowest BCUT2D eigenvalue weighted by Crippen LogP contribution is -2.56. The molecular formula is C13H18ClN3O2. The van der Waals surface area contributed by atoms with E-state index in [0.717, 1.165) is 12.8 Å². The van der Waals surface area contributed by atoms with Crippen molar-refractivity contribution in [1.29, 1.82) is 0 Å². The van der Waals surface area contributed by atoms with Crippen LogP contribution >= 0.6 is 11.6 Å². The summed E-state index contributed by atoms with van der Waals surface area (Å²) >= 11 is 5.84. The minimum atomic E-state index is -0.910. The van der Waals surface area contributed by atoms with Crippen molar-refractivity contribution in [3.05, 3.63) is 11.5 Å². The standard InChI is InChI=1S/C13H18ClN3O2/c1-5-8(6-2)17-10-9(7-15-12(14)16-10)19-13(3,4)11(17)18/h7-8H,5-6H2,1-4H3. The summed E-state index contributed by atoms with van der Waals surface area (Å²) < 4.78 is 5.68. The zero-order valence-electron chi connectivity index (χ0n) is 11.6. The van der Waals surface area contributed by atoms with E-state index in [4.69, 9.17) is 16.3 Å². The molecule has 0 spiro atoms.